The van der Waals surface area contributed by atoms with Gasteiger partial charge in [0.2, 0.25) is 5.91 Å². The number of nitrogens with one attached hydrogen (secondary N) is 1. The standard InChI is InChI=1S/C17H18BrN3O2/c1-13(22)21(12-14-6-8-19-9-7-14)11-10-20-17(23)15-2-4-16(18)5-3-15/h2-9H,10-12H2,1H3,(H,20,23). The van der Waals surface area contributed by atoms with Crippen molar-refractivity contribution in [3.63, 3.8) is 0 Å². The summed E-state index contributed by atoms with van der Waals surface area (Å²) in [7, 11) is 0. The van der Waals surface area contributed by atoms with Crippen molar-refractivity contribution in [3.8, 4) is 0 Å². The zero-order chi connectivity index (χ0) is 16.7. The first-order chi connectivity index (χ1) is 11.1. The fourth-order valence-electron chi connectivity index (χ4n) is 2.06. The first-order valence-corrected chi connectivity index (χ1v) is 8.04. The smallest absolute Gasteiger partial charge is 0.251 e. The summed E-state index contributed by atoms with van der Waals surface area (Å²) in [6.07, 6.45) is 3.39. The van der Waals surface area contributed by atoms with E-state index in [1.807, 2.05) is 24.3 Å². The number of rotatable bonds is 6. The maximum atomic E-state index is 12.0. The van der Waals surface area contributed by atoms with Crippen molar-refractivity contribution in [1.29, 1.82) is 0 Å². The fraction of sp³-hybridized carbons (Fsp3) is 0.235. The predicted molar refractivity (Wildman–Crippen MR) is 91.8 cm³/mol. The summed E-state index contributed by atoms with van der Waals surface area (Å²) in [5, 5.41) is 2.83. The van der Waals surface area contributed by atoms with Crippen LogP contribution in [-0.4, -0.2) is 34.8 Å². The van der Waals surface area contributed by atoms with Crippen LogP contribution in [0.1, 0.15) is 22.8 Å². The Hall–Kier alpha value is -2.21. The van der Waals surface area contributed by atoms with Gasteiger partial charge in [0.1, 0.15) is 0 Å². The van der Waals surface area contributed by atoms with Crippen LogP contribution in [0, 0.1) is 0 Å². The zero-order valence-corrected chi connectivity index (χ0v) is 14.4. The molecule has 120 valence electrons. The molecule has 0 atom stereocenters. The van der Waals surface area contributed by atoms with E-state index >= 15 is 0 Å². The molecule has 0 aliphatic rings. The van der Waals surface area contributed by atoms with Gasteiger partial charge in [0.15, 0.2) is 0 Å². The van der Waals surface area contributed by atoms with Crippen molar-refractivity contribution in [2.45, 2.75) is 13.5 Å². The lowest BCUT2D eigenvalue weighted by Crippen LogP contribution is -2.37. The third-order valence-electron chi connectivity index (χ3n) is 3.34. The van der Waals surface area contributed by atoms with E-state index in [4.69, 9.17) is 0 Å². The molecule has 1 N–H and O–H groups in total. The van der Waals surface area contributed by atoms with Gasteiger partial charge in [-0.2, -0.15) is 0 Å². The molecule has 0 saturated heterocycles. The van der Waals surface area contributed by atoms with Gasteiger partial charge in [0, 0.05) is 49.0 Å². The summed E-state index contributed by atoms with van der Waals surface area (Å²) in [6.45, 7) is 2.89. The van der Waals surface area contributed by atoms with E-state index < -0.39 is 0 Å². The molecule has 0 aliphatic heterocycles. The molecular formula is C17H18BrN3O2. The molecule has 2 aromatic rings. The summed E-state index contributed by atoms with van der Waals surface area (Å²) >= 11 is 3.33. The van der Waals surface area contributed by atoms with E-state index in [1.165, 1.54) is 6.92 Å². The molecule has 0 bridgehead atoms. The number of hydrogen-bond acceptors (Lipinski definition) is 3. The second-order valence-corrected chi connectivity index (χ2v) is 5.97. The number of carbonyl (C=O) groups excluding carboxylic acids is 2. The Bertz CT molecular complexity index is 659. The van der Waals surface area contributed by atoms with Crippen molar-refractivity contribution in [2.24, 2.45) is 0 Å². The molecule has 2 rings (SSSR count). The van der Waals surface area contributed by atoms with Gasteiger partial charge in [0.05, 0.1) is 0 Å². The monoisotopic (exact) mass is 375 g/mol. The Morgan fingerprint density at radius 1 is 1.13 bits per heavy atom. The minimum atomic E-state index is -0.148. The normalized spacial score (nSPS) is 10.2. The van der Waals surface area contributed by atoms with Crippen LogP contribution < -0.4 is 5.32 Å². The van der Waals surface area contributed by atoms with E-state index in [9.17, 15) is 9.59 Å². The molecule has 1 aromatic carbocycles. The van der Waals surface area contributed by atoms with Crippen molar-refractivity contribution in [1.82, 2.24) is 15.2 Å². The summed E-state index contributed by atoms with van der Waals surface area (Å²) in [5.74, 6) is -0.176. The highest BCUT2D eigenvalue weighted by atomic mass is 79.9. The van der Waals surface area contributed by atoms with E-state index in [1.54, 1.807) is 29.4 Å². The van der Waals surface area contributed by atoms with Crippen LogP contribution in [0.4, 0.5) is 0 Å². The third-order valence-corrected chi connectivity index (χ3v) is 3.87. The lowest BCUT2D eigenvalue weighted by Gasteiger charge is -2.21. The Morgan fingerprint density at radius 2 is 1.78 bits per heavy atom. The Balaban J connectivity index is 1.85. The van der Waals surface area contributed by atoms with Crippen LogP contribution in [-0.2, 0) is 11.3 Å². The first kappa shape index (κ1) is 17.1. The largest absolute Gasteiger partial charge is 0.350 e. The van der Waals surface area contributed by atoms with Crippen LogP contribution in [0.2, 0.25) is 0 Å². The van der Waals surface area contributed by atoms with Crippen LogP contribution in [0.5, 0.6) is 0 Å². The zero-order valence-electron chi connectivity index (χ0n) is 12.8. The predicted octanol–water partition coefficient (Wildman–Crippen LogP) is 2.62. The topological polar surface area (TPSA) is 62.3 Å². The highest BCUT2D eigenvalue weighted by Gasteiger charge is 2.10. The number of hydrogen-bond donors (Lipinski definition) is 1. The molecule has 0 spiro atoms. The molecule has 2 amide bonds. The highest BCUT2D eigenvalue weighted by molar-refractivity contribution is 9.10. The lowest BCUT2D eigenvalue weighted by molar-refractivity contribution is -0.129. The molecule has 0 radical (unpaired) electrons. The van der Waals surface area contributed by atoms with Crippen molar-refractivity contribution in [3.05, 3.63) is 64.4 Å². The van der Waals surface area contributed by atoms with Gasteiger partial charge in [-0.3, -0.25) is 14.6 Å². The molecular weight excluding hydrogens is 358 g/mol. The quantitative estimate of drug-likeness (QED) is 0.843. The van der Waals surface area contributed by atoms with Gasteiger partial charge in [-0.15, -0.1) is 0 Å². The maximum Gasteiger partial charge on any atom is 0.251 e. The van der Waals surface area contributed by atoms with Crippen LogP contribution in [0.3, 0.4) is 0 Å². The average Bonchev–Trinajstić information content (AvgIpc) is 2.55. The molecule has 0 saturated carbocycles. The highest BCUT2D eigenvalue weighted by Crippen LogP contribution is 2.10. The minimum Gasteiger partial charge on any atom is -0.350 e. The summed E-state index contributed by atoms with van der Waals surface area (Å²) in [5.41, 5.74) is 1.60. The van der Waals surface area contributed by atoms with Crippen molar-refractivity contribution < 1.29 is 9.59 Å². The van der Waals surface area contributed by atoms with E-state index in [2.05, 4.69) is 26.2 Å². The van der Waals surface area contributed by atoms with Gasteiger partial charge in [-0.1, -0.05) is 15.9 Å². The first-order valence-electron chi connectivity index (χ1n) is 7.24. The summed E-state index contributed by atoms with van der Waals surface area (Å²) < 4.78 is 0.925. The number of amides is 2. The number of pyridine rings is 1. The minimum absolute atomic E-state index is 0.0281. The van der Waals surface area contributed by atoms with Crippen LogP contribution in [0.25, 0.3) is 0 Å². The van der Waals surface area contributed by atoms with Gasteiger partial charge in [-0.05, 0) is 42.0 Å². The van der Waals surface area contributed by atoms with E-state index in [-0.39, 0.29) is 11.8 Å². The molecule has 6 heteroatoms. The lowest BCUT2D eigenvalue weighted by atomic mass is 10.2. The van der Waals surface area contributed by atoms with Crippen LogP contribution >= 0.6 is 15.9 Å². The fourth-order valence-corrected chi connectivity index (χ4v) is 2.33. The summed E-state index contributed by atoms with van der Waals surface area (Å²) in [4.78, 5) is 29.4. The second kappa shape index (κ2) is 8.43. The Kier molecular flexibility index (Phi) is 6.29. The number of carbonyl (C=O) groups is 2. The third kappa shape index (κ3) is 5.49. The van der Waals surface area contributed by atoms with Crippen molar-refractivity contribution >= 4 is 27.7 Å². The molecule has 0 fully saturated rings. The molecule has 1 heterocycles. The van der Waals surface area contributed by atoms with Crippen LogP contribution in [0.15, 0.2) is 53.3 Å². The number of benzene rings is 1. The van der Waals surface area contributed by atoms with Gasteiger partial charge in [0.25, 0.3) is 5.91 Å². The van der Waals surface area contributed by atoms with E-state index in [0.29, 0.717) is 25.2 Å². The van der Waals surface area contributed by atoms with Gasteiger partial charge in [-0.25, -0.2) is 0 Å². The van der Waals surface area contributed by atoms with Gasteiger partial charge >= 0.3 is 0 Å². The number of aromatic nitrogens is 1. The molecule has 1 aromatic heterocycles. The Morgan fingerprint density at radius 3 is 2.39 bits per heavy atom. The van der Waals surface area contributed by atoms with E-state index in [0.717, 1.165) is 10.0 Å². The molecule has 23 heavy (non-hydrogen) atoms. The molecule has 0 aliphatic carbocycles. The SMILES string of the molecule is CC(=O)N(CCNC(=O)c1ccc(Br)cc1)Cc1ccncc1. The summed E-state index contributed by atoms with van der Waals surface area (Å²) in [6, 6.07) is 10.9. The Labute approximate surface area is 143 Å². The maximum absolute atomic E-state index is 12.0. The van der Waals surface area contributed by atoms with Gasteiger partial charge < -0.3 is 10.2 Å². The molecule has 5 nitrogen and oxygen atoms in total. The molecule has 0 unspecified atom stereocenters. The average molecular weight is 376 g/mol. The van der Waals surface area contributed by atoms with Crippen molar-refractivity contribution in [2.75, 3.05) is 13.1 Å². The number of nitrogens with zero attached hydrogens (tertiary/aromatic N) is 2. The second-order valence-electron chi connectivity index (χ2n) is 5.06. The number of halogens is 1.